The quantitative estimate of drug-likeness (QED) is 0.944. The van der Waals surface area contributed by atoms with E-state index in [0.29, 0.717) is 16.2 Å². The first-order valence-electron chi connectivity index (χ1n) is 5.23. The average molecular weight is 294 g/mol. The second kappa shape index (κ2) is 5.14. The standard InChI is InChI=1S/C12H12BrN3O/c1-2-8-3-5-9(6-4-8)17-12-10(13)11(14)15-7-16-12/h3-7H,2H2,1H3,(H2,14,15,16). The minimum Gasteiger partial charge on any atom is -0.438 e. The van der Waals surface area contributed by atoms with E-state index in [0.717, 1.165) is 12.2 Å². The molecule has 1 aromatic heterocycles. The highest BCUT2D eigenvalue weighted by Crippen LogP contribution is 2.30. The lowest BCUT2D eigenvalue weighted by Gasteiger charge is -2.07. The molecule has 2 rings (SSSR count). The van der Waals surface area contributed by atoms with E-state index in [1.807, 2.05) is 24.3 Å². The number of benzene rings is 1. The van der Waals surface area contributed by atoms with Crippen molar-refractivity contribution in [3.8, 4) is 11.6 Å². The van der Waals surface area contributed by atoms with Gasteiger partial charge in [-0.15, -0.1) is 0 Å². The Balaban J connectivity index is 2.22. The van der Waals surface area contributed by atoms with Gasteiger partial charge in [-0.25, -0.2) is 9.97 Å². The van der Waals surface area contributed by atoms with Crippen LogP contribution in [-0.4, -0.2) is 9.97 Å². The average Bonchev–Trinajstić information content (AvgIpc) is 2.36. The van der Waals surface area contributed by atoms with E-state index in [9.17, 15) is 0 Å². The van der Waals surface area contributed by atoms with Crippen LogP contribution >= 0.6 is 15.9 Å². The fraction of sp³-hybridized carbons (Fsp3) is 0.167. The Bertz CT molecular complexity index is 514. The van der Waals surface area contributed by atoms with Gasteiger partial charge in [-0.05, 0) is 40.0 Å². The summed E-state index contributed by atoms with van der Waals surface area (Å²) in [5.74, 6) is 1.50. The Hall–Kier alpha value is -1.62. The lowest BCUT2D eigenvalue weighted by Crippen LogP contribution is -1.96. The molecule has 0 fully saturated rings. The molecule has 0 atom stereocenters. The third-order valence-corrected chi connectivity index (χ3v) is 3.08. The Morgan fingerprint density at radius 3 is 2.59 bits per heavy atom. The Morgan fingerprint density at radius 1 is 1.24 bits per heavy atom. The van der Waals surface area contributed by atoms with E-state index in [2.05, 4.69) is 32.8 Å². The molecule has 4 nitrogen and oxygen atoms in total. The molecule has 0 saturated carbocycles. The predicted octanol–water partition coefficient (Wildman–Crippen LogP) is 3.18. The number of nitrogen functional groups attached to an aromatic ring is 1. The van der Waals surface area contributed by atoms with Gasteiger partial charge in [0.1, 0.15) is 22.4 Å². The van der Waals surface area contributed by atoms with Crippen LogP contribution in [0.25, 0.3) is 0 Å². The summed E-state index contributed by atoms with van der Waals surface area (Å²) < 4.78 is 6.18. The molecule has 2 aromatic rings. The van der Waals surface area contributed by atoms with Gasteiger partial charge >= 0.3 is 0 Å². The molecule has 0 radical (unpaired) electrons. The van der Waals surface area contributed by atoms with Gasteiger partial charge < -0.3 is 10.5 Å². The van der Waals surface area contributed by atoms with Crippen LogP contribution in [0.4, 0.5) is 5.82 Å². The van der Waals surface area contributed by atoms with Crippen LogP contribution in [0.2, 0.25) is 0 Å². The van der Waals surface area contributed by atoms with Crippen LogP contribution in [0, 0.1) is 0 Å². The number of anilines is 1. The smallest absolute Gasteiger partial charge is 0.238 e. The van der Waals surface area contributed by atoms with Crippen molar-refractivity contribution in [2.75, 3.05) is 5.73 Å². The fourth-order valence-electron chi connectivity index (χ4n) is 1.34. The SMILES string of the molecule is CCc1ccc(Oc2ncnc(N)c2Br)cc1. The van der Waals surface area contributed by atoms with E-state index >= 15 is 0 Å². The number of hydrogen-bond acceptors (Lipinski definition) is 4. The Morgan fingerprint density at radius 2 is 1.94 bits per heavy atom. The second-order valence-electron chi connectivity index (χ2n) is 3.48. The zero-order chi connectivity index (χ0) is 12.3. The third-order valence-electron chi connectivity index (χ3n) is 2.33. The summed E-state index contributed by atoms with van der Waals surface area (Å²) in [5.41, 5.74) is 6.90. The minimum absolute atomic E-state index is 0.361. The summed E-state index contributed by atoms with van der Waals surface area (Å²) in [6.45, 7) is 2.11. The monoisotopic (exact) mass is 293 g/mol. The number of aryl methyl sites for hydroxylation is 1. The van der Waals surface area contributed by atoms with Crippen molar-refractivity contribution < 1.29 is 4.74 Å². The van der Waals surface area contributed by atoms with Gasteiger partial charge in [-0.3, -0.25) is 0 Å². The van der Waals surface area contributed by atoms with E-state index in [1.165, 1.54) is 11.9 Å². The van der Waals surface area contributed by atoms with Gasteiger partial charge in [0.05, 0.1) is 0 Å². The van der Waals surface area contributed by atoms with Gasteiger partial charge in [0, 0.05) is 0 Å². The van der Waals surface area contributed by atoms with Crippen molar-refractivity contribution in [1.82, 2.24) is 9.97 Å². The molecule has 0 aliphatic carbocycles. The third kappa shape index (κ3) is 2.74. The molecule has 0 aliphatic heterocycles. The summed E-state index contributed by atoms with van der Waals surface area (Å²) >= 11 is 3.29. The molecule has 0 aliphatic rings. The molecule has 1 heterocycles. The highest BCUT2D eigenvalue weighted by Gasteiger charge is 2.08. The number of rotatable bonds is 3. The summed E-state index contributed by atoms with van der Waals surface area (Å²) in [6.07, 6.45) is 2.38. The zero-order valence-electron chi connectivity index (χ0n) is 9.35. The molecule has 0 saturated heterocycles. The molecular weight excluding hydrogens is 282 g/mol. The molecule has 0 bridgehead atoms. The van der Waals surface area contributed by atoms with E-state index in [-0.39, 0.29) is 0 Å². The summed E-state index contributed by atoms with van der Waals surface area (Å²) in [4.78, 5) is 7.86. The van der Waals surface area contributed by atoms with E-state index in [4.69, 9.17) is 10.5 Å². The Labute approximate surface area is 108 Å². The topological polar surface area (TPSA) is 61.0 Å². The maximum atomic E-state index is 5.64. The second-order valence-corrected chi connectivity index (χ2v) is 4.27. The lowest BCUT2D eigenvalue weighted by molar-refractivity contribution is 0.458. The number of halogens is 1. The van der Waals surface area contributed by atoms with Crippen molar-refractivity contribution in [2.45, 2.75) is 13.3 Å². The van der Waals surface area contributed by atoms with Crippen LogP contribution in [0.3, 0.4) is 0 Å². The molecular formula is C12H12BrN3O. The normalized spacial score (nSPS) is 10.2. The van der Waals surface area contributed by atoms with Crippen LogP contribution in [-0.2, 0) is 6.42 Å². The molecule has 0 spiro atoms. The van der Waals surface area contributed by atoms with Crippen molar-refractivity contribution in [3.05, 3.63) is 40.6 Å². The van der Waals surface area contributed by atoms with Crippen LogP contribution < -0.4 is 10.5 Å². The van der Waals surface area contributed by atoms with Crippen molar-refractivity contribution in [3.63, 3.8) is 0 Å². The summed E-state index contributed by atoms with van der Waals surface area (Å²) in [6, 6.07) is 7.86. The fourth-order valence-corrected chi connectivity index (χ4v) is 1.63. The molecule has 5 heteroatoms. The molecule has 2 N–H and O–H groups in total. The summed E-state index contributed by atoms with van der Waals surface area (Å²) in [5, 5.41) is 0. The minimum atomic E-state index is 0.361. The number of aromatic nitrogens is 2. The Kier molecular flexibility index (Phi) is 3.58. The molecule has 1 aromatic carbocycles. The van der Waals surface area contributed by atoms with Crippen LogP contribution in [0.5, 0.6) is 11.6 Å². The lowest BCUT2D eigenvalue weighted by atomic mass is 10.2. The van der Waals surface area contributed by atoms with Gasteiger partial charge in [-0.2, -0.15) is 0 Å². The molecule has 0 unspecified atom stereocenters. The number of nitrogens with two attached hydrogens (primary N) is 1. The van der Waals surface area contributed by atoms with Crippen molar-refractivity contribution in [2.24, 2.45) is 0 Å². The van der Waals surface area contributed by atoms with Gasteiger partial charge in [0.15, 0.2) is 0 Å². The maximum absolute atomic E-state index is 5.64. The summed E-state index contributed by atoms with van der Waals surface area (Å²) in [7, 11) is 0. The first-order valence-corrected chi connectivity index (χ1v) is 6.02. The van der Waals surface area contributed by atoms with Gasteiger partial charge in [0.25, 0.3) is 0 Å². The van der Waals surface area contributed by atoms with Crippen molar-refractivity contribution >= 4 is 21.7 Å². The van der Waals surface area contributed by atoms with Crippen LogP contribution in [0.1, 0.15) is 12.5 Å². The van der Waals surface area contributed by atoms with Gasteiger partial charge in [0.2, 0.25) is 5.88 Å². The molecule has 17 heavy (non-hydrogen) atoms. The zero-order valence-corrected chi connectivity index (χ0v) is 10.9. The molecule has 0 amide bonds. The van der Waals surface area contributed by atoms with Crippen LogP contribution in [0.15, 0.2) is 35.1 Å². The van der Waals surface area contributed by atoms with Gasteiger partial charge in [-0.1, -0.05) is 19.1 Å². The first-order chi connectivity index (χ1) is 8.20. The van der Waals surface area contributed by atoms with E-state index < -0.39 is 0 Å². The van der Waals surface area contributed by atoms with E-state index in [1.54, 1.807) is 0 Å². The van der Waals surface area contributed by atoms with Crippen molar-refractivity contribution in [1.29, 1.82) is 0 Å². The number of hydrogen-bond donors (Lipinski definition) is 1. The maximum Gasteiger partial charge on any atom is 0.238 e. The number of nitrogens with zero attached hydrogens (tertiary/aromatic N) is 2. The first kappa shape index (κ1) is 11.9. The highest BCUT2D eigenvalue weighted by molar-refractivity contribution is 9.10. The predicted molar refractivity (Wildman–Crippen MR) is 70.0 cm³/mol. The number of ether oxygens (including phenoxy) is 1. The largest absolute Gasteiger partial charge is 0.438 e. The highest BCUT2D eigenvalue weighted by atomic mass is 79.9. The molecule has 88 valence electrons.